The summed E-state index contributed by atoms with van der Waals surface area (Å²) in [7, 11) is 1.59. The summed E-state index contributed by atoms with van der Waals surface area (Å²) in [6.07, 6.45) is 1.73. The maximum Gasteiger partial charge on any atom is 0.279 e. The first-order chi connectivity index (χ1) is 12.7. The largest absolute Gasteiger partial charge is 0.492 e. The van der Waals surface area contributed by atoms with Crippen LogP contribution in [-0.2, 0) is 16.8 Å². The maximum absolute atomic E-state index is 13.2. The first-order valence-electron chi connectivity index (χ1n) is 9.14. The number of benzene rings is 2. The lowest BCUT2D eigenvalue weighted by molar-refractivity contribution is -0.177. The van der Waals surface area contributed by atoms with Crippen LogP contribution in [0.4, 0.5) is 0 Å². The third kappa shape index (κ3) is 2.20. The average Bonchev–Trinajstić information content (AvgIpc) is 3.00. The van der Waals surface area contributed by atoms with E-state index >= 15 is 0 Å². The van der Waals surface area contributed by atoms with Crippen molar-refractivity contribution in [3.8, 4) is 5.75 Å². The van der Waals surface area contributed by atoms with E-state index in [0.717, 1.165) is 42.8 Å². The second-order valence-electron chi connectivity index (χ2n) is 7.45. The fourth-order valence-electron chi connectivity index (χ4n) is 4.80. The van der Waals surface area contributed by atoms with Gasteiger partial charge in [-0.2, -0.15) is 5.06 Å². The number of ether oxygens (including phenoxy) is 1. The van der Waals surface area contributed by atoms with E-state index in [-0.39, 0.29) is 17.5 Å². The van der Waals surface area contributed by atoms with E-state index in [1.807, 2.05) is 24.3 Å². The summed E-state index contributed by atoms with van der Waals surface area (Å²) >= 11 is 0. The lowest BCUT2D eigenvalue weighted by atomic mass is 9.72. The smallest absolute Gasteiger partial charge is 0.279 e. The van der Waals surface area contributed by atoms with Gasteiger partial charge in [-0.05, 0) is 30.5 Å². The topological polar surface area (TPSA) is 42.0 Å². The zero-order chi connectivity index (χ0) is 17.7. The Morgan fingerprint density at radius 3 is 2.85 bits per heavy atom. The van der Waals surface area contributed by atoms with Gasteiger partial charge in [0.25, 0.3) is 5.91 Å². The zero-order valence-electron chi connectivity index (χ0n) is 14.9. The number of rotatable bonds is 3. The molecule has 3 heterocycles. The first-order valence-corrected chi connectivity index (χ1v) is 9.14. The van der Waals surface area contributed by atoms with Gasteiger partial charge in [0.05, 0.1) is 13.7 Å². The van der Waals surface area contributed by atoms with Crippen molar-refractivity contribution >= 4 is 5.91 Å². The molecule has 0 unspecified atom stereocenters. The highest BCUT2D eigenvalue weighted by Gasteiger charge is 2.53. The van der Waals surface area contributed by atoms with Crippen molar-refractivity contribution in [2.24, 2.45) is 0 Å². The van der Waals surface area contributed by atoms with Crippen LogP contribution in [0.15, 0.2) is 48.5 Å². The highest BCUT2D eigenvalue weighted by molar-refractivity contribution is 5.97. The minimum atomic E-state index is -0.0941. The maximum atomic E-state index is 13.2. The molecule has 5 heteroatoms. The van der Waals surface area contributed by atoms with Gasteiger partial charge in [-0.15, -0.1) is 0 Å². The Bertz CT molecular complexity index is 854. The summed E-state index contributed by atoms with van der Waals surface area (Å²) in [6.45, 7) is 2.36. The van der Waals surface area contributed by atoms with Crippen LogP contribution >= 0.6 is 0 Å². The number of hydroxylamine groups is 2. The minimum absolute atomic E-state index is 0.0679. The molecule has 0 N–H and O–H groups in total. The molecule has 26 heavy (non-hydrogen) atoms. The fraction of sp³-hybridized carbons (Fsp3) is 0.381. The van der Waals surface area contributed by atoms with E-state index in [9.17, 15) is 4.79 Å². The lowest BCUT2D eigenvalue weighted by Crippen LogP contribution is -2.56. The van der Waals surface area contributed by atoms with E-state index in [1.54, 1.807) is 12.2 Å². The molecule has 134 valence electrons. The molecule has 1 fully saturated rings. The van der Waals surface area contributed by atoms with Gasteiger partial charge in [0, 0.05) is 29.6 Å². The van der Waals surface area contributed by atoms with E-state index in [4.69, 9.17) is 9.57 Å². The molecular weight excluding hydrogens is 328 g/mol. The molecule has 3 aliphatic rings. The van der Waals surface area contributed by atoms with Gasteiger partial charge >= 0.3 is 0 Å². The molecule has 0 radical (unpaired) electrons. The number of piperidine rings is 1. The van der Waals surface area contributed by atoms with Gasteiger partial charge < -0.3 is 4.74 Å². The van der Waals surface area contributed by atoms with Gasteiger partial charge in [-0.3, -0.25) is 14.5 Å². The van der Waals surface area contributed by atoms with Crippen LogP contribution < -0.4 is 4.74 Å². The lowest BCUT2D eigenvalue weighted by Gasteiger charge is -2.45. The predicted octanol–water partition coefficient (Wildman–Crippen LogP) is 2.96. The fourth-order valence-corrected chi connectivity index (χ4v) is 4.80. The molecule has 3 aliphatic heterocycles. The Labute approximate surface area is 153 Å². The molecule has 2 aromatic rings. The Kier molecular flexibility index (Phi) is 3.55. The van der Waals surface area contributed by atoms with Gasteiger partial charge in [0.15, 0.2) is 0 Å². The van der Waals surface area contributed by atoms with Gasteiger partial charge in [-0.1, -0.05) is 36.4 Å². The number of fused-ring (bicyclic) bond motifs is 1. The Hall–Kier alpha value is -2.37. The number of nitrogens with zero attached hydrogens (tertiary/aromatic N) is 2. The number of carbonyl (C=O) groups is 1. The summed E-state index contributed by atoms with van der Waals surface area (Å²) in [5, 5.41) is 1.57. The highest BCUT2D eigenvalue weighted by Crippen LogP contribution is 2.51. The summed E-state index contributed by atoms with van der Waals surface area (Å²) in [5.74, 6) is 0.797. The molecule has 0 aromatic heterocycles. The second-order valence-corrected chi connectivity index (χ2v) is 7.45. The average molecular weight is 350 g/mol. The van der Waals surface area contributed by atoms with Crippen LogP contribution in [0.3, 0.4) is 0 Å². The molecule has 1 saturated heterocycles. The Balaban J connectivity index is 1.57. The molecule has 1 amide bonds. The van der Waals surface area contributed by atoms with Crippen LogP contribution in [0, 0.1) is 0 Å². The third-order valence-corrected chi connectivity index (χ3v) is 6.06. The summed E-state index contributed by atoms with van der Waals surface area (Å²) < 4.78 is 6.00. The number of likely N-dealkylation sites (tertiary alicyclic amines) is 1. The molecule has 2 atom stereocenters. The van der Waals surface area contributed by atoms with Crippen LogP contribution in [-0.4, -0.2) is 42.3 Å². The molecule has 5 nitrogen and oxygen atoms in total. The summed E-state index contributed by atoms with van der Waals surface area (Å²) in [6, 6.07) is 16.2. The number of amides is 1. The molecule has 5 rings (SSSR count). The summed E-state index contributed by atoms with van der Waals surface area (Å²) in [5.41, 5.74) is 2.98. The van der Waals surface area contributed by atoms with Crippen molar-refractivity contribution in [2.45, 2.75) is 31.0 Å². The molecule has 0 aliphatic carbocycles. The molecule has 1 spiro atoms. The van der Waals surface area contributed by atoms with Crippen molar-refractivity contribution in [3.63, 3.8) is 0 Å². The van der Waals surface area contributed by atoms with Crippen LogP contribution in [0.1, 0.15) is 34.3 Å². The first kappa shape index (κ1) is 15.9. The standard InChI is InChI=1S/C21H22N2O3/c1-25-23-18-12-21(10-11-22(18)13-15-6-3-2-4-7-15)14-26-17-9-5-8-16(19(17)21)20(23)24/h2-9,18H,10-14H2,1H3/t18-,21-/m1/s1. The van der Waals surface area contributed by atoms with E-state index < -0.39 is 0 Å². The van der Waals surface area contributed by atoms with Crippen molar-refractivity contribution < 1.29 is 14.4 Å². The zero-order valence-corrected chi connectivity index (χ0v) is 14.9. The third-order valence-electron chi connectivity index (χ3n) is 6.06. The molecular formula is C21H22N2O3. The van der Waals surface area contributed by atoms with E-state index in [2.05, 4.69) is 29.2 Å². The van der Waals surface area contributed by atoms with Crippen LogP contribution in [0.25, 0.3) is 0 Å². The van der Waals surface area contributed by atoms with Crippen molar-refractivity contribution in [1.29, 1.82) is 0 Å². The van der Waals surface area contributed by atoms with Gasteiger partial charge in [0.1, 0.15) is 11.9 Å². The SMILES string of the molecule is CON1C(=O)c2cccc3c2[C@@]2(CCN(Cc4ccccc4)[C@H]1C2)CO3. The molecule has 2 aromatic carbocycles. The van der Waals surface area contributed by atoms with Crippen molar-refractivity contribution in [1.82, 2.24) is 9.96 Å². The molecule has 0 saturated carbocycles. The van der Waals surface area contributed by atoms with Crippen molar-refractivity contribution in [3.05, 3.63) is 65.2 Å². The van der Waals surface area contributed by atoms with Crippen LogP contribution in [0.5, 0.6) is 5.75 Å². The minimum Gasteiger partial charge on any atom is -0.492 e. The van der Waals surface area contributed by atoms with Crippen molar-refractivity contribution in [2.75, 3.05) is 20.3 Å². The van der Waals surface area contributed by atoms with Gasteiger partial charge in [0.2, 0.25) is 0 Å². The van der Waals surface area contributed by atoms with Crippen LogP contribution in [0.2, 0.25) is 0 Å². The van der Waals surface area contributed by atoms with E-state index in [0.29, 0.717) is 6.61 Å². The second kappa shape index (κ2) is 5.83. The molecule has 2 bridgehead atoms. The monoisotopic (exact) mass is 350 g/mol. The predicted molar refractivity (Wildman–Crippen MR) is 96.7 cm³/mol. The van der Waals surface area contributed by atoms with Gasteiger partial charge in [-0.25, -0.2) is 0 Å². The number of carbonyl (C=O) groups excluding carboxylic acids is 1. The quantitative estimate of drug-likeness (QED) is 0.854. The Morgan fingerprint density at radius 2 is 2.04 bits per heavy atom. The normalized spacial score (nSPS) is 27.0. The summed E-state index contributed by atoms with van der Waals surface area (Å²) in [4.78, 5) is 21.2. The highest BCUT2D eigenvalue weighted by atomic mass is 16.7. The number of hydrogen-bond acceptors (Lipinski definition) is 4. The number of hydrogen-bond donors (Lipinski definition) is 0. The van der Waals surface area contributed by atoms with E-state index in [1.165, 1.54) is 5.56 Å². The Morgan fingerprint density at radius 1 is 1.19 bits per heavy atom.